The topological polar surface area (TPSA) is 109 Å². The van der Waals surface area contributed by atoms with Crippen LogP contribution in [0, 0.1) is 0 Å². The Balaban J connectivity index is 3.38. The van der Waals surface area contributed by atoms with E-state index >= 15 is 0 Å². The average Bonchev–Trinajstić information content (AvgIpc) is 3.01. The summed E-state index contributed by atoms with van der Waals surface area (Å²) in [5.41, 5.74) is 0. The van der Waals surface area contributed by atoms with Gasteiger partial charge in [0.15, 0.2) is 15.3 Å². The number of carbonyl (C=O) groups excluding carboxylic acids is 3. The van der Waals surface area contributed by atoms with Gasteiger partial charge in [-0.25, -0.2) is 0 Å². The third-order valence-electron chi connectivity index (χ3n) is 4.28. The van der Waals surface area contributed by atoms with Gasteiger partial charge in [-0.05, 0) is 0 Å². The van der Waals surface area contributed by atoms with Gasteiger partial charge < -0.3 is 10.2 Å². The highest BCUT2D eigenvalue weighted by molar-refractivity contribution is 8.26. The van der Waals surface area contributed by atoms with Crippen molar-refractivity contribution in [1.29, 1.82) is 0 Å². The molecule has 0 heterocycles. The number of aliphatic hydroxyl groups excluding tert-OH is 2. The normalized spacial score (nSPS) is 12.0. The van der Waals surface area contributed by atoms with Crippen molar-refractivity contribution in [2.45, 2.75) is 0 Å². The minimum atomic E-state index is -0.811. The second-order valence-corrected chi connectivity index (χ2v) is 24.9. The summed E-state index contributed by atoms with van der Waals surface area (Å²) in [5.74, 6) is 12.7. The molecule has 6 nitrogen and oxygen atoms in total. The molecule has 0 fully saturated rings. The van der Waals surface area contributed by atoms with Gasteiger partial charge in [0.05, 0.1) is 34.2 Å². The molecule has 0 aromatic carbocycles. The SMILES string of the molecule is O=C(CSCCSCCS(=O)CSCCSCSC(=O)CSCCSCC(=O)SCSCCSCO)SCSCCSCO. The molecular weight excluding hydrogens is 833 g/mol. The van der Waals surface area contributed by atoms with Crippen molar-refractivity contribution in [2.24, 2.45) is 0 Å². The zero-order valence-electron chi connectivity index (χ0n) is 24.6. The highest BCUT2D eigenvalue weighted by atomic mass is 32.2. The van der Waals surface area contributed by atoms with E-state index in [9.17, 15) is 18.6 Å². The fourth-order valence-corrected chi connectivity index (χ4v) is 17.0. The van der Waals surface area contributed by atoms with E-state index in [1.54, 1.807) is 94.1 Å². The minimum Gasteiger partial charge on any atom is -0.386 e. The lowest BCUT2D eigenvalue weighted by atomic mass is 10.9. The first kappa shape index (κ1) is 47.6. The summed E-state index contributed by atoms with van der Waals surface area (Å²) < 4.78 is 12.2. The van der Waals surface area contributed by atoms with Crippen molar-refractivity contribution < 1.29 is 28.8 Å². The summed E-state index contributed by atoms with van der Waals surface area (Å²) in [6.45, 7) is 0. The number of aliphatic hydroxyl groups is 2. The number of thioether (sulfide) groups is 13. The van der Waals surface area contributed by atoms with Crippen LogP contribution in [0.5, 0.6) is 0 Å². The Bertz CT molecular complexity index is 725. The molecule has 260 valence electrons. The van der Waals surface area contributed by atoms with E-state index < -0.39 is 10.8 Å². The van der Waals surface area contributed by atoms with Gasteiger partial charge in [0.1, 0.15) is 0 Å². The number of hydrogen-bond acceptors (Lipinski definition) is 19. The van der Waals surface area contributed by atoms with Crippen LogP contribution in [-0.2, 0) is 25.2 Å². The molecule has 0 rings (SSSR count). The molecular formula is C24H44O6S14. The Labute approximate surface area is 322 Å². The van der Waals surface area contributed by atoms with E-state index in [0.29, 0.717) is 28.1 Å². The van der Waals surface area contributed by atoms with Crippen LogP contribution in [0.3, 0.4) is 0 Å². The smallest absolute Gasteiger partial charge is 0.199 e. The van der Waals surface area contributed by atoms with Crippen molar-refractivity contribution in [2.75, 3.05) is 119 Å². The summed E-state index contributed by atoms with van der Waals surface area (Å²) in [5, 5.41) is 21.0. The molecule has 20 heteroatoms. The first-order valence-electron chi connectivity index (χ1n) is 13.3. The lowest BCUT2D eigenvalue weighted by Crippen LogP contribution is -2.04. The molecule has 0 spiro atoms. The van der Waals surface area contributed by atoms with E-state index in [4.69, 9.17) is 10.2 Å². The maximum atomic E-state index is 12.2. The van der Waals surface area contributed by atoms with Gasteiger partial charge in [-0.2, -0.15) is 47.0 Å². The Hall–Kier alpha value is 3.63. The second kappa shape index (κ2) is 39.4. The maximum Gasteiger partial charge on any atom is 0.199 e. The van der Waals surface area contributed by atoms with Crippen molar-refractivity contribution >= 4 is 179 Å². The molecule has 0 aromatic rings. The third kappa shape index (κ3) is 38.4. The highest BCUT2D eigenvalue weighted by Crippen LogP contribution is 2.20. The quantitative estimate of drug-likeness (QED) is 0.0537. The lowest BCUT2D eigenvalue weighted by molar-refractivity contribution is -0.109. The van der Waals surface area contributed by atoms with Gasteiger partial charge in [-0.1, -0.05) is 35.3 Å². The Morgan fingerprint density at radius 1 is 0.432 bits per heavy atom. The van der Waals surface area contributed by atoms with E-state index in [-0.39, 0.29) is 27.2 Å². The molecule has 2 N–H and O–H groups in total. The predicted octanol–water partition coefficient (Wildman–Crippen LogP) is 6.58. The fourth-order valence-electron chi connectivity index (χ4n) is 2.27. The number of carbonyl (C=O) groups is 3. The minimum absolute atomic E-state index is 0.151. The van der Waals surface area contributed by atoms with Gasteiger partial charge in [0, 0.05) is 95.1 Å². The number of hydrogen-bond donors (Lipinski definition) is 2. The molecule has 0 aliphatic heterocycles. The van der Waals surface area contributed by atoms with E-state index in [1.165, 1.54) is 58.8 Å². The van der Waals surface area contributed by atoms with Crippen LogP contribution >= 0.6 is 153 Å². The summed E-state index contributed by atoms with van der Waals surface area (Å²) >= 11 is 20.7. The molecule has 1 atom stereocenters. The van der Waals surface area contributed by atoms with Crippen LogP contribution < -0.4 is 0 Å². The van der Waals surface area contributed by atoms with Crippen molar-refractivity contribution in [3.8, 4) is 0 Å². The summed E-state index contributed by atoms with van der Waals surface area (Å²) in [6.07, 6.45) is 0. The van der Waals surface area contributed by atoms with Crippen LogP contribution in [0.25, 0.3) is 0 Å². The molecule has 0 aromatic heterocycles. The zero-order chi connectivity index (χ0) is 32.4. The maximum absolute atomic E-state index is 12.2. The van der Waals surface area contributed by atoms with Crippen molar-refractivity contribution in [3.63, 3.8) is 0 Å². The second-order valence-electron chi connectivity index (χ2n) is 7.64. The predicted molar refractivity (Wildman–Crippen MR) is 228 cm³/mol. The van der Waals surface area contributed by atoms with E-state index in [2.05, 4.69) is 0 Å². The highest BCUT2D eigenvalue weighted by Gasteiger charge is 2.07. The summed E-state index contributed by atoms with van der Waals surface area (Å²) in [4.78, 5) is 35.7. The lowest BCUT2D eigenvalue weighted by Gasteiger charge is -2.04. The van der Waals surface area contributed by atoms with Gasteiger partial charge in [-0.15, -0.1) is 70.6 Å². The standard InChI is InChI=1S/C24H44O6S14/c25-16-35-5-7-37-18-41-22(27)13-32-2-1-31-11-12-44(30)21-40-10-9-39-20-43-24(29)15-34-4-3-33-14-23(28)42-19-38-8-6-36-17-26/h25-26H,1-21H2. The summed E-state index contributed by atoms with van der Waals surface area (Å²) in [6, 6.07) is 0. The fraction of sp³-hybridized carbons (Fsp3) is 0.875. The van der Waals surface area contributed by atoms with Crippen molar-refractivity contribution in [3.05, 3.63) is 0 Å². The molecule has 44 heavy (non-hydrogen) atoms. The van der Waals surface area contributed by atoms with Crippen LogP contribution in [0.4, 0.5) is 0 Å². The van der Waals surface area contributed by atoms with Gasteiger partial charge >= 0.3 is 0 Å². The molecule has 0 radical (unpaired) electrons. The van der Waals surface area contributed by atoms with E-state index in [1.807, 2.05) is 0 Å². The van der Waals surface area contributed by atoms with Crippen LogP contribution in [0.1, 0.15) is 0 Å². The van der Waals surface area contributed by atoms with Crippen LogP contribution in [0.2, 0.25) is 0 Å². The Kier molecular flexibility index (Phi) is 42.7. The molecule has 0 aliphatic carbocycles. The van der Waals surface area contributed by atoms with Gasteiger partial charge in [0.2, 0.25) is 0 Å². The van der Waals surface area contributed by atoms with Crippen LogP contribution in [-0.4, -0.2) is 148 Å². The van der Waals surface area contributed by atoms with E-state index in [0.717, 1.165) is 78.5 Å². The average molecular weight is 878 g/mol. The molecule has 0 amide bonds. The zero-order valence-corrected chi connectivity index (χ0v) is 36.0. The first-order valence-corrected chi connectivity index (χ1v) is 29.3. The summed E-state index contributed by atoms with van der Waals surface area (Å²) in [7, 11) is -0.811. The number of rotatable bonds is 34. The third-order valence-corrected chi connectivity index (χ3v) is 20.8. The Morgan fingerprint density at radius 2 is 0.773 bits per heavy atom. The molecule has 1 unspecified atom stereocenters. The van der Waals surface area contributed by atoms with Gasteiger partial charge in [0.25, 0.3) is 0 Å². The Morgan fingerprint density at radius 3 is 1.18 bits per heavy atom. The monoisotopic (exact) mass is 876 g/mol. The molecule has 0 aliphatic rings. The van der Waals surface area contributed by atoms with Crippen molar-refractivity contribution in [1.82, 2.24) is 0 Å². The molecule has 0 saturated carbocycles. The largest absolute Gasteiger partial charge is 0.386 e. The molecule has 0 saturated heterocycles. The molecule has 0 bridgehead atoms. The van der Waals surface area contributed by atoms with Gasteiger partial charge in [-0.3, -0.25) is 18.6 Å². The van der Waals surface area contributed by atoms with Crippen LogP contribution in [0.15, 0.2) is 0 Å². The first-order chi connectivity index (χ1) is 21.5.